The second-order valence-electron chi connectivity index (χ2n) is 7.16. The van der Waals surface area contributed by atoms with E-state index in [1.54, 1.807) is 0 Å². The number of ether oxygens (including phenoxy) is 1. The van der Waals surface area contributed by atoms with Gasteiger partial charge in [0.1, 0.15) is 17.6 Å². The van der Waals surface area contributed by atoms with Crippen molar-refractivity contribution in [2.24, 2.45) is 0 Å². The van der Waals surface area contributed by atoms with Crippen molar-refractivity contribution in [1.29, 1.82) is 0 Å². The van der Waals surface area contributed by atoms with E-state index >= 15 is 0 Å². The van der Waals surface area contributed by atoms with Gasteiger partial charge in [-0.2, -0.15) is 0 Å². The van der Waals surface area contributed by atoms with Crippen molar-refractivity contribution in [1.82, 2.24) is 20.2 Å². The van der Waals surface area contributed by atoms with Gasteiger partial charge in [0.15, 0.2) is 0 Å². The second kappa shape index (κ2) is 7.60. The molecule has 4 rings (SSSR count). The van der Waals surface area contributed by atoms with Crippen molar-refractivity contribution >= 4 is 5.91 Å². The Morgan fingerprint density at radius 2 is 2.15 bits per heavy atom. The molecule has 2 aromatic rings. The van der Waals surface area contributed by atoms with Gasteiger partial charge in [0, 0.05) is 24.7 Å². The molecule has 0 aliphatic carbocycles. The zero-order valence-corrected chi connectivity index (χ0v) is 15.2. The van der Waals surface area contributed by atoms with Crippen molar-refractivity contribution in [3.05, 3.63) is 53.1 Å². The van der Waals surface area contributed by atoms with Crippen molar-refractivity contribution in [3.63, 3.8) is 0 Å². The highest BCUT2D eigenvalue weighted by Crippen LogP contribution is 2.25. The van der Waals surface area contributed by atoms with E-state index in [-0.39, 0.29) is 12.0 Å². The monoisotopic (exact) mass is 354 g/mol. The highest BCUT2D eigenvalue weighted by Gasteiger charge is 2.29. The van der Waals surface area contributed by atoms with Gasteiger partial charge in [-0.15, -0.1) is 0 Å². The summed E-state index contributed by atoms with van der Waals surface area (Å²) in [7, 11) is 0. The normalized spacial score (nSPS) is 23.8. The number of aryl methyl sites for hydroxylation is 1. The summed E-state index contributed by atoms with van der Waals surface area (Å²) in [5.74, 6) is 1.30. The number of benzene rings is 1. The van der Waals surface area contributed by atoms with E-state index in [4.69, 9.17) is 4.74 Å². The molecule has 26 heavy (non-hydrogen) atoms. The number of carbonyl (C=O) groups is 1. The van der Waals surface area contributed by atoms with Gasteiger partial charge in [-0.3, -0.25) is 4.79 Å². The van der Waals surface area contributed by atoms with E-state index < -0.39 is 0 Å². The third-order valence-corrected chi connectivity index (χ3v) is 5.31. The molecule has 6 nitrogen and oxygen atoms in total. The third-order valence-electron chi connectivity index (χ3n) is 5.31. The summed E-state index contributed by atoms with van der Waals surface area (Å²) in [5.41, 5.74) is 2.52. The Hall–Kier alpha value is -2.18. The molecule has 0 radical (unpaired) electrons. The standard InChI is InChI=1S/C20H26N4O2/c1-14-18(23-19(22-14)16-8-5-9-21-12-16)20(25)24-10-11-26-17(13-24)15-6-3-2-4-7-15/h2-4,6-7,16-17,21H,5,8-13H2,1H3,(H,22,23)/t16-,17-/m0/s1. The summed E-state index contributed by atoms with van der Waals surface area (Å²) in [6.07, 6.45) is 2.19. The van der Waals surface area contributed by atoms with Crippen molar-refractivity contribution in [3.8, 4) is 0 Å². The highest BCUT2D eigenvalue weighted by molar-refractivity contribution is 5.93. The van der Waals surface area contributed by atoms with E-state index in [1.165, 1.54) is 0 Å². The van der Waals surface area contributed by atoms with Crippen LogP contribution in [0.25, 0.3) is 0 Å². The van der Waals surface area contributed by atoms with Gasteiger partial charge in [-0.1, -0.05) is 30.3 Å². The molecular formula is C20H26N4O2. The van der Waals surface area contributed by atoms with Crippen LogP contribution in [-0.4, -0.2) is 53.6 Å². The van der Waals surface area contributed by atoms with Crippen LogP contribution in [0, 0.1) is 6.92 Å². The average Bonchev–Trinajstić information content (AvgIpc) is 3.10. The lowest BCUT2D eigenvalue weighted by atomic mass is 9.99. The molecule has 2 N–H and O–H groups in total. The summed E-state index contributed by atoms with van der Waals surface area (Å²) < 4.78 is 5.88. The number of aromatic nitrogens is 2. The third kappa shape index (κ3) is 3.52. The summed E-state index contributed by atoms with van der Waals surface area (Å²) in [6.45, 7) is 5.65. The summed E-state index contributed by atoms with van der Waals surface area (Å²) in [5, 5.41) is 3.41. The van der Waals surface area contributed by atoms with Gasteiger partial charge in [0.25, 0.3) is 5.91 Å². The number of piperidine rings is 1. The summed E-state index contributed by atoms with van der Waals surface area (Å²) >= 11 is 0. The van der Waals surface area contributed by atoms with Crippen molar-refractivity contribution in [2.75, 3.05) is 32.8 Å². The predicted octanol–water partition coefficient (Wildman–Crippen LogP) is 2.40. The molecule has 6 heteroatoms. The first-order chi connectivity index (χ1) is 12.7. The first kappa shape index (κ1) is 17.2. The van der Waals surface area contributed by atoms with Gasteiger partial charge < -0.3 is 19.9 Å². The first-order valence-corrected chi connectivity index (χ1v) is 9.45. The van der Waals surface area contributed by atoms with Crippen LogP contribution in [0.1, 0.15) is 52.4 Å². The minimum Gasteiger partial charge on any atom is -0.370 e. The Morgan fingerprint density at radius 1 is 1.31 bits per heavy atom. The molecule has 2 saturated heterocycles. The molecule has 2 fully saturated rings. The number of amides is 1. The quantitative estimate of drug-likeness (QED) is 0.888. The summed E-state index contributed by atoms with van der Waals surface area (Å²) in [4.78, 5) is 23.0. The van der Waals surface area contributed by atoms with Crippen LogP contribution in [0.4, 0.5) is 0 Å². The van der Waals surface area contributed by atoms with E-state index in [2.05, 4.69) is 15.3 Å². The van der Waals surface area contributed by atoms with Gasteiger partial charge >= 0.3 is 0 Å². The number of nitrogens with zero attached hydrogens (tertiary/aromatic N) is 2. The Kier molecular flexibility index (Phi) is 5.04. The van der Waals surface area contributed by atoms with E-state index in [9.17, 15) is 4.79 Å². The maximum absolute atomic E-state index is 13.1. The number of morpholine rings is 1. The van der Waals surface area contributed by atoms with Crippen molar-refractivity contribution < 1.29 is 9.53 Å². The van der Waals surface area contributed by atoms with E-state index in [1.807, 2.05) is 42.2 Å². The molecule has 1 aromatic carbocycles. The fraction of sp³-hybridized carbons (Fsp3) is 0.500. The molecule has 2 aliphatic heterocycles. The molecule has 0 unspecified atom stereocenters. The number of imidazole rings is 1. The number of nitrogens with one attached hydrogen (secondary N) is 2. The Morgan fingerprint density at radius 3 is 2.92 bits per heavy atom. The maximum atomic E-state index is 13.1. The first-order valence-electron chi connectivity index (χ1n) is 9.45. The second-order valence-corrected chi connectivity index (χ2v) is 7.16. The number of rotatable bonds is 3. The maximum Gasteiger partial charge on any atom is 0.274 e. The fourth-order valence-electron chi connectivity index (χ4n) is 3.82. The smallest absolute Gasteiger partial charge is 0.274 e. The highest BCUT2D eigenvalue weighted by atomic mass is 16.5. The number of aromatic amines is 1. The predicted molar refractivity (Wildman–Crippen MR) is 99.2 cm³/mol. The molecule has 1 amide bonds. The average molecular weight is 354 g/mol. The number of carbonyl (C=O) groups excluding carboxylic acids is 1. The van der Waals surface area contributed by atoms with Gasteiger partial charge in [0.2, 0.25) is 0 Å². The molecule has 1 aromatic heterocycles. The van der Waals surface area contributed by atoms with E-state index in [0.29, 0.717) is 31.3 Å². The zero-order valence-electron chi connectivity index (χ0n) is 15.2. The lowest BCUT2D eigenvalue weighted by Gasteiger charge is -2.33. The minimum absolute atomic E-state index is 0.00185. The van der Waals surface area contributed by atoms with Gasteiger partial charge in [0.05, 0.1) is 13.2 Å². The van der Waals surface area contributed by atoms with Crippen LogP contribution in [-0.2, 0) is 4.74 Å². The molecular weight excluding hydrogens is 328 g/mol. The van der Waals surface area contributed by atoms with Crippen LogP contribution in [0.2, 0.25) is 0 Å². The summed E-state index contributed by atoms with van der Waals surface area (Å²) in [6, 6.07) is 10.1. The fourth-order valence-corrected chi connectivity index (χ4v) is 3.82. The van der Waals surface area contributed by atoms with Gasteiger partial charge in [-0.05, 0) is 31.9 Å². The minimum atomic E-state index is -0.0739. The Balaban J connectivity index is 1.49. The molecule has 0 saturated carbocycles. The lowest BCUT2D eigenvalue weighted by Crippen LogP contribution is -2.42. The SMILES string of the molecule is Cc1[nH]c([C@H]2CCCNC2)nc1C(=O)N1CCO[C@H](c2ccccc2)C1. The molecule has 2 atom stereocenters. The van der Waals surface area contributed by atoms with Crippen molar-refractivity contribution in [2.45, 2.75) is 31.8 Å². The molecule has 2 aliphatic rings. The van der Waals surface area contributed by atoms with Crippen LogP contribution < -0.4 is 5.32 Å². The number of hydrogen-bond acceptors (Lipinski definition) is 4. The molecule has 0 bridgehead atoms. The molecule has 0 spiro atoms. The zero-order chi connectivity index (χ0) is 17.9. The van der Waals surface area contributed by atoms with E-state index in [0.717, 1.165) is 43.0 Å². The van der Waals surface area contributed by atoms with Crippen LogP contribution in [0.3, 0.4) is 0 Å². The molecule has 3 heterocycles. The Labute approximate surface area is 154 Å². The van der Waals surface area contributed by atoms with Gasteiger partial charge in [-0.25, -0.2) is 4.98 Å². The lowest BCUT2D eigenvalue weighted by molar-refractivity contribution is -0.0230. The van der Waals surface area contributed by atoms with Crippen LogP contribution >= 0.6 is 0 Å². The largest absolute Gasteiger partial charge is 0.370 e. The Bertz CT molecular complexity index is 752. The van der Waals surface area contributed by atoms with Crippen LogP contribution in [0.15, 0.2) is 30.3 Å². The molecule has 138 valence electrons. The number of hydrogen-bond donors (Lipinski definition) is 2. The number of H-pyrrole nitrogens is 1. The topological polar surface area (TPSA) is 70.2 Å². The van der Waals surface area contributed by atoms with Crippen LogP contribution in [0.5, 0.6) is 0 Å².